The minimum Gasteiger partial charge on any atom is -0.504 e. The van der Waals surface area contributed by atoms with Gasteiger partial charge in [-0.3, -0.25) is 4.90 Å². The molecule has 5 atom stereocenters. The highest BCUT2D eigenvalue weighted by Crippen LogP contribution is 2.63. The first kappa shape index (κ1) is 16.2. The Balaban J connectivity index is 0.000000704. The van der Waals surface area contributed by atoms with Gasteiger partial charge in [-0.1, -0.05) is 26.8 Å². The minimum absolute atomic E-state index is 0.0737. The lowest BCUT2D eigenvalue weighted by Gasteiger charge is -2.59. The number of ether oxygens (including phenoxy) is 1. The molecule has 0 amide bonds. The molecule has 0 radical (unpaired) electrons. The van der Waals surface area contributed by atoms with Crippen LogP contribution in [0.2, 0.25) is 0 Å². The van der Waals surface area contributed by atoms with Crippen LogP contribution in [-0.4, -0.2) is 46.5 Å². The van der Waals surface area contributed by atoms with Gasteiger partial charge in [0.05, 0.1) is 6.10 Å². The van der Waals surface area contributed by atoms with Gasteiger partial charge in [-0.05, 0) is 56.3 Å². The summed E-state index contributed by atoms with van der Waals surface area (Å²) in [6.07, 6.45) is 3.38. The topological polar surface area (TPSA) is 52.9 Å². The standard InChI is InChI=1S/C18H23NO3.C2H6/c1-2-19-8-7-18-11-4-6-14(21)17(18)22-16-13(20)5-3-10(15(16)18)9-12(11)19;1-2/h3,5,11-12,14,17,20-21H,2,4,6-9H2,1H3;1-2H3. The van der Waals surface area contributed by atoms with Crippen LogP contribution >= 0.6 is 0 Å². The number of likely N-dealkylation sites (N-methyl/N-ethyl adjacent to an activating group) is 1. The van der Waals surface area contributed by atoms with E-state index in [1.807, 2.05) is 13.8 Å². The predicted molar refractivity (Wildman–Crippen MR) is 93.6 cm³/mol. The third kappa shape index (κ3) is 1.81. The zero-order chi connectivity index (χ0) is 17.1. The molecule has 4 nitrogen and oxygen atoms in total. The predicted octanol–water partition coefficient (Wildman–Crippen LogP) is 2.84. The number of likely N-dealkylation sites (tertiary alicyclic amines) is 1. The van der Waals surface area contributed by atoms with Crippen molar-refractivity contribution in [2.24, 2.45) is 5.92 Å². The van der Waals surface area contributed by atoms with E-state index in [9.17, 15) is 10.2 Å². The molecule has 2 fully saturated rings. The summed E-state index contributed by atoms with van der Waals surface area (Å²) in [5.41, 5.74) is 2.48. The Morgan fingerprint density at radius 3 is 2.83 bits per heavy atom. The number of piperidine rings is 1. The Morgan fingerprint density at radius 2 is 2.08 bits per heavy atom. The minimum atomic E-state index is -0.414. The van der Waals surface area contributed by atoms with Gasteiger partial charge in [0.2, 0.25) is 0 Å². The van der Waals surface area contributed by atoms with Crippen LogP contribution in [0.1, 0.15) is 51.2 Å². The summed E-state index contributed by atoms with van der Waals surface area (Å²) in [5.74, 6) is 1.45. The van der Waals surface area contributed by atoms with Gasteiger partial charge in [0, 0.05) is 17.0 Å². The largest absolute Gasteiger partial charge is 0.504 e. The van der Waals surface area contributed by atoms with E-state index in [2.05, 4.69) is 17.9 Å². The van der Waals surface area contributed by atoms with E-state index >= 15 is 0 Å². The number of benzene rings is 1. The van der Waals surface area contributed by atoms with Crippen LogP contribution in [-0.2, 0) is 11.8 Å². The number of hydrogen-bond donors (Lipinski definition) is 2. The molecule has 5 unspecified atom stereocenters. The van der Waals surface area contributed by atoms with Crippen LogP contribution in [0.5, 0.6) is 11.5 Å². The van der Waals surface area contributed by atoms with Crippen LogP contribution in [0.15, 0.2) is 12.1 Å². The molecule has 5 rings (SSSR count). The first-order chi connectivity index (χ1) is 11.7. The number of phenolic OH excluding ortho intramolecular Hbond substituents is 1. The summed E-state index contributed by atoms with van der Waals surface area (Å²) >= 11 is 0. The fraction of sp³-hybridized carbons (Fsp3) is 0.700. The van der Waals surface area contributed by atoms with Gasteiger partial charge in [-0.2, -0.15) is 0 Å². The summed E-state index contributed by atoms with van der Waals surface area (Å²) < 4.78 is 6.17. The molecule has 2 bridgehead atoms. The lowest BCUT2D eigenvalue weighted by molar-refractivity contribution is -0.103. The van der Waals surface area contributed by atoms with Crippen LogP contribution in [0.4, 0.5) is 0 Å². The van der Waals surface area contributed by atoms with Crippen LogP contribution in [0, 0.1) is 5.92 Å². The number of nitrogens with zero attached hydrogens (tertiary/aromatic N) is 1. The van der Waals surface area contributed by atoms with Gasteiger partial charge in [0.25, 0.3) is 0 Å². The summed E-state index contributed by atoms with van der Waals surface area (Å²) in [4.78, 5) is 2.61. The fourth-order valence-electron chi connectivity index (χ4n) is 5.99. The Labute approximate surface area is 144 Å². The maximum absolute atomic E-state index is 10.6. The average Bonchev–Trinajstić information content (AvgIpc) is 2.96. The quantitative estimate of drug-likeness (QED) is 0.831. The highest BCUT2D eigenvalue weighted by molar-refractivity contribution is 5.60. The van der Waals surface area contributed by atoms with Crippen LogP contribution < -0.4 is 4.74 Å². The first-order valence-corrected chi connectivity index (χ1v) is 9.61. The number of hydrogen-bond acceptors (Lipinski definition) is 4. The third-order valence-electron chi connectivity index (χ3n) is 6.81. The number of aliphatic hydroxyl groups is 1. The summed E-state index contributed by atoms with van der Waals surface area (Å²) in [6.45, 7) is 8.40. The van der Waals surface area contributed by atoms with Gasteiger partial charge < -0.3 is 14.9 Å². The second-order valence-corrected chi connectivity index (χ2v) is 7.43. The van der Waals surface area contributed by atoms with Crippen molar-refractivity contribution in [3.63, 3.8) is 0 Å². The lowest BCUT2D eigenvalue weighted by Crippen LogP contribution is -2.66. The fourth-order valence-corrected chi connectivity index (χ4v) is 5.99. The van der Waals surface area contributed by atoms with Crippen molar-refractivity contribution < 1.29 is 14.9 Å². The van der Waals surface area contributed by atoms with E-state index in [0.717, 1.165) is 38.8 Å². The van der Waals surface area contributed by atoms with Crippen molar-refractivity contribution in [1.29, 1.82) is 0 Å². The molecule has 0 aromatic heterocycles. The molecule has 24 heavy (non-hydrogen) atoms. The zero-order valence-electron chi connectivity index (χ0n) is 15.0. The first-order valence-electron chi connectivity index (χ1n) is 9.61. The van der Waals surface area contributed by atoms with Crippen molar-refractivity contribution in [2.45, 2.75) is 70.1 Å². The Bertz CT molecular complexity index is 646. The smallest absolute Gasteiger partial charge is 0.165 e. The van der Waals surface area contributed by atoms with E-state index in [4.69, 9.17) is 4.74 Å². The number of aromatic hydroxyl groups is 1. The van der Waals surface area contributed by atoms with Crippen molar-refractivity contribution in [3.8, 4) is 11.5 Å². The Kier molecular flexibility index (Phi) is 3.81. The third-order valence-corrected chi connectivity index (χ3v) is 6.81. The second kappa shape index (κ2) is 5.63. The summed E-state index contributed by atoms with van der Waals surface area (Å²) in [7, 11) is 0. The average molecular weight is 331 g/mol. The van der Waals surface area contributed by atoms with Gasteiger partial charge in [0.1, 0.15) is 6.10 Å². The molecule has 1 saturated heterocycles. The molecule has 132 valence electrons. The highest BCUT2D eigenvalue weighted by Gasteiger charge is 2.65. The molecule has 4 heteroatoms. The molecule has 2 N–H and O–H groups in total. The van der Waals surface area contributed by atoms with E-state index in [1.54, 1.807) is 6.07 Å². The van der Waals surface area contributed by atoms with E-state index in [0.29, 0.717) is 17.7 Å². The SMILES string of the molecule is CC.CCN1CCC23c4c5ccc(O)c4OC2C(O)CCC3C1C5. The van der Waals surface area contributed by atoms with Crippen molar-refractivity contribution >= 4 is 0 Å². The number of phenols is 1. The van der Waals surface area contributed by atoms with E-state index in [1.165, 1.54) is 11.1 Å². The maximum Gasteiger partial charge on any atom is 0.165 e. The lowest BCUT2D eigenvalue weighted by atomic mass is 9.51. The molecule has 1 aromatic carbocycles. The molecule has 2 heterocycles. The molecule has 1 aromatic rings. The van der Waals surface area contributed by atoms with Crippen LogP contribution in [0.25, 0.3) is 0 Å². The van der Waals surface area contributed by atoms with Gasteiger partial charge in [-0.15, -0.1) is 0 Å². The molecule has 4 aliphatic rings. The van der Waals surface area contributed by atoms with Gasteiger partial charge >= 0.3 is 0 Å². The van der Waals surface area contributed by atoms with Crippen molar-refractivity contribution in [3.05, 3.63) is 23.3 Å². The van der Waals surface area contributed by atoms with Gasteiger partial charge in [-0.25, -0.2) is 0 Å². The maximum atomic E-state index is 10.6. The number of rotatable bonds is 1. The van der Waals surface area contributed by atoms with Crippen molar-refractivity contribution in [1.82, 2.24) is 4.90 Å². The normalized spacial score (nSPS) is 38.7. The summed E-state index contributed by atoms with van der Waals surface area (Å²) in [6, 6.07) is 4.40. The monoisotopic (exact) mass is 331 g/mol. The number of aliphatic hydroxyl groups excluding tert-OH is 1. The van der Waals surface area contributed by atoms with E-state index < -0.39 is 6.10 Å². The van der Waals surface area contributed by atoms with E-state index in [-0.39, 0.29) is 17.3 Å². The molecule has 2 aliphatic carbocycles. The zero-order valence-corrected chi connectivity index (χ0v) is 15.0. The second-order valence-electron chi connectivity index (χ2n) is 7.43. The molecule has 1 spiro atoms. The van der Waals surface area contributed by atoms with Gasteiger partial charge in [0.15, 0.2) is 11.5 Å². The highest BCUT2D eigenvalue weighted by atomic mass is 16.5. The molecule has 1 saturated carbocycles. The van der Waals surface area contributed by atoms with Crippen molar-refractivity contribution in [2.75, 3.05) is 13.1 Å². The molecule has 2 aliphatic heterocycles. The molecular weight excluding hydrogens is 302 g/mol. The Morgan fingerprint density at radius 1 is 1.29 bits per heavy atom. The van der Waals surface area contributed by atoms with Crippen LogP contribution in [0.3, 0.4) is 0 Å². The molecular formula is C20H29NO3. The summed E-state index contributed by atoms with van der Waals surface area (Å²) in [5, 5.41) is 20.9. The Hall–Kier alpha value is -1.26.